The average molecular weight is 434 g/mol. The van der Waals surface area contributed by atoms with Crippen molar-refractivity contribution < 1.29 is 17.9 Å². The highest BCUT2D eigenvalue weighted by Crippen LogP contribution is 2.31. The minimum absolute atomic E-state index is 0.0639. The lowest BCUT2D eigenvalue weighted by Gasteiger charge is -2.24. The van der Waals surface area contributed by atoms with Crippen molar-refractivity contribution in [1.82, 2.24) is 4.72 Å². The van der Waals surface area contributed by atoms with Crippen molar-refractivity contribution in [2.45, 2.75) is 23.8 Å². The SMILES string of the molecule is Cc1ccc(S(=O)(=O)NC[C@@H](c2ccc(F)cc2)[C@H](O)c2ccc(Cl)cc2)cc1. The zero-order chi connectivity index (χ0) is 21.0. The summed E-state index contributed by atoms with van der Waals surface area (Å²) in [7, 11) is -3.77. The van der Waals surface area contributed by atoms with Gasteiger partial charge in [-0.1, -0.05) is 53.6 Å². The van der Waals surface area contributed by atoms with E-state index in [1.165, 1.54) is 24.3 Å². The first kappa shape index (κ1) is 21.5. The maximum absolute atomic E-state index is 13.4. The highest BCUT2D eigenvalue weighted by atomic mass is 35.5. The van der Waals surface area contributed by atoms with Crippen LogP contribution < -0.4 is 4.72 Å². The molecule has 0 bridgehead atoms. The molecule has 4 nitrogen and oxygen atoms in total. The minimum Gasteiger partial charge on any atom is -0.388 e. The van der Waals surface area contributed by atoms with E-state index in [-0.39, 0.29) is 11.4 Å². The van der Waals surface area contributed by atoms with Gasteiger partial charge in [0.25, 0.3) is 0 Å². The third-order valence-corrected chi connectivity index (χ3v) is 6.41. The first-order valence-electron chi connectivity index (χ1n) is 9.01. The van der Waals surface area contributed by atoms with Gasteiger partial charge in [0.05, 0.1) is 11.0 Å². The Kier molecular flexibility index (Phi) is 6.70. The van der Waals surface area contributed by atoms with Crippen molar-refractivity contribution in [3.63, 3.8) is 0 Å². The summed E-state index contributed by atoms with van der Waals surface area (Å²) >= 11 is 5.92. The molecule has 0 spiro atoms. The Hall–Kier alpha value is -2.25. The van der Waals surface area contributed by atoms with Crippen LogP contribution in [0.4, 0.5) is 4.39 Å². The van der Waals surface area contributed by atoms with E-state index in [0.717, 1.165) is 5.56 Å². The number of hydrogen-bond acceptors (Lipinski definition) is 3. The van der Waals surface area contributed by atoms with Crippen LogP contribution in [0.5, 0.6) is 0 Å². The Balaban J connectivity index is 1.87. The van der Waals surface area contributed by atoms with E-state index >= 15 is 0 Å². The number of aryl methyl sites for hydroxylation is 1. The molecule has 0 saturated carbocycles. The van der Waals surface area contributed by atoms with Gasteiger partial charge in [-0.2, -0.15) is 0 Å². The fourth-order valence-electron chi connectivity index (χ4n) is 3.01. The number of nitrogens with one attached hydrogen (secondary N) is 1. The largest absolute Gasteiger partial charge is 0.388 e. The molecule has 7 heteroatoms. The number of benzene rings is 3. The van der Waals surface area contributed by atoms with E-state index in [2.05, 4.69) is 4.72 Å². The molecular formula is C22H21ClFNO3S. The number of halogens is 2. The lowest BCUT2D eigenvalue weighted by Crippen LogP contribution is -2.31. The third-order valence-electron chi connectivity index (χ3n) is 4.72. The summed E-state index contributed by atoms with van der Waals surface area (Å²) in [5.41, 5.74) is 2.14. The first-order chi connectivity index (χ1) is 13.8. The van der Waals surface area contributed by atoms with Crippen LogP contribution in [0.15, 0.2) is 77.7 Å². The van der Waals surface area contributed by atoms with Gasteiger partial charge in [0.15, 0.2) is 0 Å². The molecule has 2 N–H and O–H groups in total. The number of rotatable bonds is 7. The maximum atomic E-state index is 13.4. The van der Waals surface area contributed by atoms with E-state index in [1.54, 1.807) is 48.5 Å². The van der Waals surface area contributed by atoms with Crippen molar-refractivity contribution >= 4 is 21.6 Å². The van der Waals surface area contributed by atoms with Gasteiger partial charge in [0.1, 0.15) is 5.82 Å². The maximum Gasteiger partial charge on any atom is 0.240 e. The van der Waals surface area contributed by atoms with Crippen LogP contribution >= 0.6 is 11.6 Å². The molecule has 3 rings (SSSR count). The van der Waals surface area contributed by atoms with Gasteiger partial charge in [0.2, 0.25) is 10.0 Å². The molecule has 0 saturated heterocycles. The standard InChI is InChI=1S/C22H21ClFNO3S/c1-15-2-12-20(13-3-15)29(27,28)25-14-21(16-6-10-19(24)11-7-16)22(26)17-4-8-18(23)9-5-17/h2-13,21-22,25-26H,14H2,1H3/t21-,22+/m0/s1. The summed E-state index contributed by atoms with van der Waals surface area (Å²) in [6.45, 7) is 1.81. The Morgan fingerprint density at radius 2 is 1.48 bits per heavy atom. The summed E-state index contributed by atoms with van der Waals surface area (Å²) in [5, 5.41) is 11.5. The van der Waals surface area contributed by atoms with Crippen LogP contribution in [-0.4, -0.2) is 20.1 Å². The Bertz CT molecular complexity index is 1050. The summed E-state index contributed by atoms with van der Waals surface area (Å²) in [4.78, 5) is 0.141. The van der Waals surface area contributed by atoms with Crippen molar-refractivity contribution in [3.05, 3.63) is 100 Å². The molecule has 0 unspecified atom stereocenters. The number of hydrogen-bond donors (Lipinski definition) is 2. The lowest BCUT2D eigenvalue weighted by molar-refractivity contribution is 0.146. The van der Waals surface area contributed by atoms with Gasteiger partial charge in [-0.05, 0) is 54.4 Å². The van der Waals surface area contributed by atoms with Crippen molar-refractivity contribution in [3.8, 4) is 0 Å². The second kappa shape index (κ2) is 9.05. The van der Waals surface area contributed by atoms with Crippen molar-refractivity contribution in [2.75, 3.05) is 6.54 Å². The van der Waals surface area contributed by atoms with E-state index < -0.39 is 27.9 Å². The van der Waals surface area contributed by atoms with Gasteiger partial charge in [-0.15, -0.1) is 0 Å². The Morgan fingerprint density at radius 3 is 2.07 bits per heavy atom. The second-order valence-corrected chi connectivity index (χ2v) is 9.02. The van der Waals surface area contributed by atoms with E-state index in [9.17, 15) is 17.9 Å². The molecular weight excluding hydrogens is 413 g/mol. The molecule has 2 atom stereocenters. The topological polar surface area (TPSA) is 66.4 Å². The zero-order valence-electron chi connectivity index (χ0n) is 15.7. The summed E-state index contributed by atoms with van der Waals surface area (Å²) in [6.07, 6.45) is -1.02. The van der Waals surface area contributed by atoms with Gasteiger partial charge >= 0.3 is 0 Å². The molecule has 3 aromatic carbocycles. The van der Waals surface area contributed by atoms with E-state index in [1.807, 2.05) is 6.92 Å². The molecule has 152 valence electrons. The summed E-state index contributed by atoms with van der Waals surface area (Å²) in [6, 6.07) is 18.8. The highest BCUT2D eigenvalue weighted by Gasteiger charge is 2.25. The molecule has 29 heavy (non-hydrogen) atoms. The van der Waals surface area contributed by atoms with Crippen LogP contribution in [0.3, 0.4) is 0 Å². The van der Waals surface area contributed by atoms with Gasteiger partial charge in [-0.3, -0.25) is 0 Å². The van der Waals surface area contributed by atoms with E-state index in [4.69, 9.17) is 11.6 Å². The molecule has 0 aliphatic carbocycles. The lowest BCUT2D eigenvalue weighted by atomic mass is 9.89. The molecule has 0 aromatic heterocycles. The molecule has 0 heterocycles. The fourth-order valence-corrected chi connectivity index (χ4v) is 4.20. The number of aliphatic hydroxyl groups is 1. The van der Waals surface area contributed by atoms with Crippen molar-refractivity contribution in [1.29, 1.82) is 0 Å². The number of sulfonamides is 1. The second-order valence-electron chi connectivity index (χ2n) is 6.82. The predicted molar refractivity (Wildman–Crippen MR) is 112 cm³/mol. The predicted octanol–water partition coefficient (Wildman–Crippen LogP) is 4.58. The van der Waals surface area contributed by atoms with Crippen LogP contribution in [0.2, 0.25) is 5.02 Å². The molecule has 0 amide bonds. The van der Waals surface area contributed by atoms with E-state index in [0.29, 0.717) is 16.1 Å². The van der Waals surface area contributed by atoms with Crippen LogP contribution in [0.25, 0.3) is 0 Å². The van der Waals surface area contributed by atoms with Gasteiger partial charge in [-0.25, -0.2) is 17.5 Å². The fraction of sp³-hybridized carbons (Fsp3) is 0.182. The molecule has 0 fully saturated rings. The highest BCUT2D eigenvalue weighted by molar-refractivity contribution is 7.89. The van der Waals surface area contributed by atoms with Crippen LogP contribution in [0, 0.1) is 12.7 Å². The normalized spacial score (nSPS) is 13.8. The minimum atomic E-state index is -3.77. The summed E-state index contributed by atoms with van der Waals surface area (Å²) in [5.74, 6) is -1.04. The van der Waals surface area contributed by atoms with Gasteiger partial charge in [0, 0.05) is 17.5 Å². The molecule has 3 aromatic rings. The van der Waals surface area contributed by atoms with Crippen LogP contribution in [-0.2, 0) is 10.0 Å². The number of aliphatic hydroxyl groups excluding tert-OH is 1. The Labute approximate surface area is 175 Å². The zero-order valence-corrected chi connectivity index (χ0v) is 17.3. The Morgan fingerprint density at radius 1 is 0.931 bits per heavy atom. The van der Waals surface area contributed by atoms with Gasteiger partial charge < -0.3 is 5.11 Å². The summed E-state index contributed by atoms with van der Waals surface area (Å²) < 4.78 is 41.3. The third kappa shape index (κ3) is 5.42. The molecule has 0 radical (unpaired) electrons. The van der Waals surface area contributed by atoms with Crippen LogP contribution in [0.1, 0.15) is 28.7 Å². The monoisotopic (exact) mass is 433 g/mol. The quantitative estimate of drug-likeness (QED) is 0.573. The first-order valence-corrected chi connectivity index (χ1v) is 10.9. The van der Waals surface area contributed by atoms with Crippen molar-refractivity contribution in [2.24, 2.45) is 0 Å². The molecule has 0 aliphatic rings. The molecule has 0 aliphatic heterocycles. The average Bonchev–Trinajstić information content (AvgIpc) is 2.70. The smallest absolute Gasteiger partial charge is 0.240 e.